The summed E-state index contributed by atoms with van der Waals surface area (Å²) < 4.78 is 4.59. The number of nitrogens with zero attached hydrogens (tertiary/aromatic N) is 3. The van der Waals surface area contributed by atoms with E-state index in [9.17, 15) is 9.59 Å². The van der Waals surface area contributed by atoms with Crippen LogP contribution in [-0.4, -0.2) is 13.9 Å². The van der Waals surface area contributed by atoms with Gasteiger partial charge < -0.3 is 0 Å². The third-order valence-corrected chi connectivity index (χ3v) is 4.45. The molecule has 0 amide bonds. The number of hydrogen-bond donors (Lipinski definition) is 0. The molecule has 2 aromatic rings. The minimum absolute atomic E-state index is 0.00622. The second kappa shape index (κ2) is 4.62. The SMILES string of the molecule is O=c1n(-c2ccccc2)c(=O)n2n1C1C=CC2CCCC1. The maximum atomic E-state index is 12.8. The van der Waals surface area contributed by atoms with Gasteiger partial charge in [-0.25, -0.2) is 23.5 Å². The van der Waals surface area contributed by atoms with E-state index in [1.54, 1.807) is 21.5 Å². The Morgan fingerprint density at radius 1 is 0.810 bits per heavy atom. The zero-order valence-electron chi connectivity index (χ0n) is 11.7. The molecule has 1 aromatic carbocycles. The molecule has 2 unspecified atom stereocenters. The van der Waals surface area contributed by atoms with Crippen molar-refractivity contribution in [2.75, 3.05) is 0 Å². The van der Waals surface area contributed by atoms with Crippen LogP contribution in [0.1, 0.15) is 37.8 Å². The number of aromatic nitrogens is 3. The standard InChI is InChI=1S/C16H17N3O2/c20-15-17(12-6-2-1-3-7-12)16(21)19-14-9-5-4-8-13(10-11-14)18(15)19/h1-3,6-7,10-11,13-14H,4-5,8-9H2. The second-order valence-corrected chi connectivity index (χ2v) is 5.73. The van der Waals surface area contributed by atoms with E-state index in [-0.39, 0.29) is 23.5 Å². The summed E-state index contributed by atoms with van der Waals surface area (Å²) in [6.07, 6.45) is 8.20. The van der Waals surface area contributed by atoms with Gasteiger partial charge in [-0.05, 0) is 25.0 Å². The van der Waals surface area contributed by atoms with Gasteiger partial charge in [0.15, 0.2) is 0 Å². The molecule has 5 heteroatoms. The van der Waals surface area contributed by atoms with Crippen LogP contribution in [0.15, 0.2) is 52.1 Å². The Kier molecular flexibility index (Phi) is 2.74. The van der Waals surface area contributed by atoms with Gasteiger partial charge in [-0.3, -0.25) is 0 Å². The molecule has 0 N–H and O–H groups in total. The van der Waals surface area contributed by atoms with Gasteiger partial charge >= 0.3 is 11.4 Å². The predicted octanol–water partition coefficient (Wildman–Crippen LogP) is 2.03. The summed E-state index contributed by atoms with van der Waals surface area (Å²) in [6.45, 7) is 0. The summed E-state index contributed by atoms with van der Waals surface area (Å²) >= 11 is 0. The van der Waals surface area contributed by atoms with Gasteiger partial charge in [-0.1, -0.05) is 43.2 Å². The third kappa shape index (κ3) is 1.77. The van der Waals surface area contributed by atoms with Crippen LogP contribution in [0.3, 0.4) is 0 Å². The maximum absolute atomic E-state index is 12.8. The lowest BCUT2D eigenvalue weighted by Gasteiger charge is -2.29. The van der Waals surface area contributed by atoms with E-state index in [4.69, 9.17) is 0 Å². The van der Waals surface area contributed by atoms with Gasteiger partial charge in [0.2, 0.25) is 0 Å². The first-order valence-electron chi connectivity index (χ1n) is 7.47. The van der Waals surface area contributed by atoms with Crippen LogP contribution in [0.25, 0.3) is 5.69 Å². The first-order chi connectivity index (χ1) is 10.3. The fourth-order valence-corrected chi connectivity index (χ4v) is 3.44. The first-order valence-corrected chi connectivity index (χ1v) is 7.47. The highest BCUT2D eigenvalue weighted by Gasteiger charge is 2.30. The highest BCUT2D eigenvalue weighted by atomic mass is 16.2. The largest absolute Gasteiger partial charge is 0.352 e. The summed E-state index contributed by atoms with van der Waals surface area (Å²) in [5.41, 5.74) is 0.179. The van der Waals surface area contributed by atoms with Crippen molar-refractivity contribution in [1.29, 1.82) is 0 Å². The minimum atomic E-state index is -0.229. The van der Waals surface area contributed by atoms with Crippen LogP contribution in [0.4, 0.5) is 0 Å². The summed E-state index contributed by atoms with van der Waals surface area (Å²) in [5.74, 6) is 0. The van der Waals surface area contributed by atoms with Crippen molar-refractivity contribution < 1.29 is 0 Å². The third-order valence-electron chi connectivity index (χ3n) is 4.45. The molecule has 0 spiro atoms. The summed E-state index contributed by atoms with van der Waals surface area (Å²) in [4.78, 5) is 25.5. The number of fused-ring (bicyclic) bond motifs is 5. The number of para-hydroxylation sites is 1. The van der Waals surface area contributed by atoms with Gasteiger partial charge in [-0.2, -0.15) is 0 Å². The molecule has 1 aromatic heterocycles. The number of hydrogen-bond acceptors (Lipinski definition) is 2. The summed E-state index contributed by atoms with van der Waals surface area (Å²) in [5, 5.41) is 0. The molecule has 0 radical (unpaired) electrons. The Morgan fingerprint density at radius 3 is 1.86 bits per heavy atom. The number of benzene rings is 1. The Bertz CT molecular complexity index is 763. The maximum Gasteiger partial charge on any atom is 0.352 e. The summed E-state index contributed by atoms with van der Waals surface area (Å²) in [7, 11) is 0. The van der Waals surface area contributed by atoms with Crippen molar-refractivity contribution in [3.8, 4) is 5.69 Å². The molecule has 4 rings (SSSR count). The highest BCUT2D eigenvalue weighted by Crippen LogP contribution is 2.30. The molecular weight excluding hydrogens is 266 g/mol. The lowest BCUT2D eigenvalue weighted by atomic mass is 9.98. The van der Waals surface area contributed by atoms with Crippen LogP contribution >= 0.6 is 0 Å². The molecule has 1 aliphatic heterocycles. The molecule has 2 aliphatic rings. The average molecular weight is 283 g/mol. The van der Waals surface area contributed by atoms with E-state index in [0.29, 0.717) is 5.69 Å². The average Bonchev–Trinajstić information content (AvgIpc) is 2.72. The second-order valence-electron chi connectivity index (χ2n) is 5.73. The molecule has 2 heterocycles. The molecule has 5 nitrogen and oxygen atoms in total. The van der Waals surface area contributed by atoms with E-state index < -0.39 is 0 Å². The van der Waals surface area contributed by atoms with Crippen molar-refractivity contribution in [1.82, 2.24) is 13.9 Å². The van der Waals surface area contributed by atoms with E-state index in [1.807, 2.05) is 18.2 Å². The zero-order valence-corrected chi connectivity index (χ0v) is 11.7. The highest BCUT2D eigenvalue weighted by molar-refractivity contribution is 5.30. The van der Waals surface area contributed by atoms with E-state index in [2.05, 4.69) is 12.2 Å². The van der Waals surface area contributed by atoms with Crippen molar-refractivity contribution in [3.05, 3.63) is 63.5 Å². The van der Waals surface area contributed by atoms with Crippen molar-refractivity contribution >= 4 is 0 Å². The Labute approximate surface area is 121 Å². The van der Waals surface area contributed by atoms with E-state index in [1.165, 1.54) is 4.57 Å². The van der Waals surface area contributed by atoms with Crippen LogP contribution in [0.5, 0.6) is 0 Å². The van der Waals surface area contributed by atoms with Crippen LogP contribution in [-0.2, 0) is 0 Å². The van der Waals surface area contributed by atoms with Crippen molar-refractivity contribution in [2.45, 2.75) is 37.8 Å². The topological polar surface area (TPSA) is 48.9 Å². The molecule has 1 aliphatic carbocycles. The molecule has 0 fully saturated rings. The molecule has 108 valence electrons. The van der Waals surface area contributed by atoms with Crippen LogP contribution < -0.4 is 11.4 Å². The van der Waals surface area contributed by atoms with Gasteiger partial charge in [0.25, 0.3) is 0 Å². The van der Waals surface area contributed by atoms with Gasteiger partial charge in [0.05, 0.1) is 17.8 Å². The first kappa shape index (κ1) is 12.4. The molecular formula is C16H17N3O2. The lowest BCUT2D eigenvalue weighted by Crippen LogP contribution is -2.36. The summed E-state index contributed by atoms with van der Waals surface area (Å²) in [6, 6.07) is 9.17. The van der Waals surface area contributed by atoms with Crippen LogP contribution in [0, 0.1) is 0 Å². The molecule has 0 saturated heterocycles. The van der Waals surface area contributed by atoms with Crippen molar-refractivity contribution in [2.24, 2.45) is 0 Å². The number of allylic oxidation sites excluding steroid dienone is 2. The molecule has 21 heavy (non-hydrogen) atoms. The lowest BCUT2D eigenvalue weighted by molar-refractivity contribution is 0.289. The Balaban J connectivity index is 2.01. The normalized spacial score (nSPS) is 23.6. The smallest absolute Gasteiger partial charge is 0.245 e. The fraction of sp³-hybridized carbons (Fsp3) is 0.375. The quantitative estimate of drug-likeness (QED) is 0.752. The Hall–Kier alpha value is -2.30. The minimum Gasteiger partial charge on any atom is -0.245 e. The Morgan fingerprint density at radius 2 is 1.33 bits per heavy atom. The van der Waals surface area contributed by atoms with E-state index in [0.717, 1.165) is 25.7 Å². The molecule has 2 bridgehead atoms. The van der Waals surface area contributed by atoms with Gasteiger partial charge in [-0.15, -0.1) is 0 Å². The monoisotopic (exact) mass is 283 g/mol. The van der Waals surface area contributed by atoms with E-state index >= 15 is 0 Å². The zero-order chi connectivity index (χ0) is 14.4. The molecule has 0 saturated carbocycles. The van der Waals surface area contributed by atoms with Crippen molar-refractivity contribution in [3.63, 3.8) is 0 Å². The number of rotatable bonds is 1. The van der Waals surface area contributed by atoms with Gasteiger partial charge in [0.1, 0.15) is 0 Å². The molecule has 2 atom stereocenters. The van der Waals surface area contributed by atoms with Gasteiger partial charge in [0, 0.05) is 0 Å². The van der Waals surface area contributed by atoms with Crippen LogP contribution in [0.2, 0.25) is 0 Å². The fourth-order valence-electron chi connectivity index (χ4n) is 3.44. The predicted molar refractivity (Wildman–Crippen MR) is 80.0 cm³/mol.